The Bertz CT molecular complexity index is 2710. The summed E-state index contributed by atoms with van der Waals surface area (Å²) in [5.41, 5.74) is 2.75. The fourth-order valence-corrected chi connectivity index (χ4v) is 12.3. The molecule has 362 valence electrons. The molecule has 12 nitrogen and oxygen atoms in total. The summed E-state index contributed by atoms with van der Waals surface area (Å²) in [5, 5.41) is 8.90. The van der Waals surface area contributed by atoms with E-state index in [0.29, 0.717) is 66.8 Å². The Hall–Kier alpha value is -5.42. The van der Waals surface area contributed by atoms with E-state index in [0.717, 1.165) is 48.7 Å². The van der Waals surface area contributed by atoms with Crippen molar-refractivity contribution in [1.29, 1.82) is 0 Å². The van der Waals surface area contributed by atoms with Crippen molar-refractivity contribution in [2.45, 2.75) is 102 Å². The zero-order valence-electron chi connectivity index (χ0n) is 40.8. The van der Waals surface area contributed by atoms with E-state index in [1.54, 1.807) is 120 Å². The molecule has 0 bridgehead atoms. The monoisotopic (exact) mass is 1010 g/mol. The Kier molecular flexibility index (Phi) is 16.6. The molecule has 0 saturated carbocycles. The first kappa shape index (κ1) is 51.0. The fourth-order valence-electron chi connectivity index (χ4n) is 7.93. The SMILES string of the molecule is CC(C)CCSc1nc(Nc2ccc(-c3ccc(Nc4nc(SCCC(C)C)nc(SCCC(C)C)n4)c4c3C(=O)c3ccccc3C4=O)c3c2C(=O)c2ccccc2C3=O)nc(SCCC(C)C)n1. The number of benzene rings is 4. The van der Waals surface area contributed by atoms with E-state index in [1.165, 1.54) is 0 Å². The Labute approximate surface area is 427 Å². The molecule has 0 saturated heterocycles. The molecule has 0 spiro atoms. The van der Waals surface area contributed by atoms with Gasteiger partial charge in [-0.3, -0.25) is 19.2 Å². The molecule has 0 unspecified atom stereocenters. The van der Waals surface area contributed by atoms with Crippen LogP contribution in [-0.2, 0) is 0 Å². The molecule has 2 aromatic heterocycles. The van der Waals surface area contributed by atoms with Gasteiger partial charge in [0, 0.05) is 56.4 Å². The Morgan fingerprint density at radius 2 is 0.629 bits per heavy atom. The largest absolute Gasteiger partial charge is 0.323 e. The van der Waals surface area contributed by atoms with E-state index in [9.17, 15) is 19.2 Å². The van der Waals surface area contributed by atoms with Gasteiger partial charge in [-0.2, -0.15) is 29.9 Å². The zero-order valence-corrected chi connectivity index (χ0v) is 44.1. The molecule has 0 atom stereocenters. The smallest absolute Gasteiger partial charge is 0.232 e. The molecule has 0 amide bonds. The molecule has 2 aliphatic rings. The van der Waals surface area contributed by atoms with Crippen LogP contribution in [0.25, 0.3) is 11.1 Å². The molecule has 4 aromatic carbocycles. The fraction of sp³-hybridized carbons (Fsp3) is 0.370. The number of carbonyl (C=O) groups is 4. The van der Waals surface area contributed by atoms with Gasteiger partial charge in [0.05, 0.1) is 22.5 Å². The maximum absolute atomic E-state index is 15.0. The van der Waals surface area contributed by atoms with Gasteiger partial charge in [0.2, 0.25) is 11.9 Å². The predicted molar refractivity (Wildman–Crippen MR) is 285 cm³/mol. The van der Waals surface area contributed by atoms with Crippen molar-refractivity contribution in [1.82, 2.24) is 29.9 Å². The van der Waals surface area contributed by atoms with Gasteiger partial charge in [-0.05, 0) is 72.6 Å². The Morgan fingerprint density at radius 1 is 0.357 bits per heavy atom. The molecular weight excluding hydrogens is 953 g/mol. The summed E-state index contributed by atoms with van der Waals surface area (Å²) in [4.78, 5) is 88.5. The normalized spacial score (nSPS) is 13.0. The molecule has 0 radical (unpaired) electrons. The average molecular weight is 1010 g/mol. The Morgan fingerprint density at radius 3 is 0.900 bits per heavy atom. The van der Waals surface area contributed by atoms with E-state index >= 15 is 0 Å². The molecule has 0 aliphatic heterocycles. The number of carbonyl (C=O) groups excluding carboxylic acids is 4. The van der Waals surface area contributed by atoms with E-state index in [1.807, 2.05) is 0 Å². The van der Waals surface area contributed by atoms with Gasteiger partial charge >= 0.3 is 0 Å². The van der Waals surface area contributed by atoms with E-state index in [2.05, 4.69) is 66.0 Å². The molecule has 2 heterocycles. The number of hydrogen-bond donors (Lipinski definition) is 2. The highest BCUT2D eigenvalue weighted by Crippen LogP contribution is 2.44. The van der Waals surface area contributed by atoms with Crippen molar-refractivity contribution in [2.75, 3.05) is 33.6 Å². The van der Waals surface area contributed by atoms with Crippen LogP contribution >= 0.6 is 47.0 Å². The molecule has 70 heavy (non-hydrogen) atoms. The predicted octanol–water partition coefficient (Wildman–Crippen LogP) is 13.3. The van der Waals surface area contributed by atoms with Gasteiger partial charge in [0.25, 0.3) is 0 Å². The van der Waals surface area contributed by atoms with Crippen LogP contribution in [0, 0.1) is 23.7 Å². The first-order chi connectivity index (χ1) is 33.7. The zero-order chi connectivity index (χ0) is 49.6. The van der Waals surface area contributed by atoms with Gasteiger partial charge < -0.3 is 10.6 Å². The van der Waals surface area contributed by atoms with E-state index in [-0.39, 0.29) is 68.0 Å². The molecular formula is C54H58N8O4S4. The number of ketones is 4. The lowest BCUT2D eigenvalue weighted by Crippen LogP contribution is -2.25. The van der Waals surface area contributed by atoms with Crippen molar-refractivity contribution in [3.8, 4) is 11.1 Å². The third-order valence-corrected chi connectivity index (χ3v) is 15.4. The minimum atomic E-state index is -0.393. The van der Waals surface area contributed by atoms with Crippen molar-refractivity contribution in [3.63, 3.8) is 0 Å². The van der Waals surface area contributed by atoms with Crippen molar-refractivity contribution >= 4 is 93.5 Å². The average Bonchev–Trinajstić information content (AvgIpc) is 3.32. The van der Waals surface area contributed by atoms with Gasteiger partial charge in [-0.1, -0.05) is 163 Å². The van der Waals surface area contributed by atoms with Crippen LogP contribution in [0.4, 0.5) is 23.3 Å². The summed E-state index contributed by atoms with van der Waals surface area (Å²) < 4.78 is 0. The van der Waals surface area contributed by atoms with Crippen molar-refractivity contribution in [3.05, 3.63) is 117 Å². The van der Waals surface area contributed by atoms with Gasteiger partial charge in [-0.25, -0.2) is 0 Å². The number of hydrogen-bond acceptors (Lipinski definition) is 16. The van der Waals surface area contributed by atoms with Crippen LogP contribution in [0.15, 0.2) is 93.4 Å². The highest BCUT2D eigenvalue weighted by atomic mass is 32.2. The topological polar surface area (TPSA) is 170 Å². The Balaban J connectivity index is 1.26. The molecule has 6 aromatic rings. The number of thioether (sulfide) groups is 4. The number of aromatic nitrogens is 6. The van der Waals surface area contributed by atoms with Gasteiger partial charge in [0.1, 0.15) is 0 Å². The van der Waals surface area contributed by atoms with Crippen LogP contribution in [0.1, 0.15) is 145 Å². The lowest BCUT2D eigenvalue weighted by molar-refractivity contribution is 0.0978. The van der Waals surface area contributed by atoms with Crippen molar-refractivity contribution < 1.29 is 19.2 Å². The number of rotatable bonds is 21. The second-order valence-corrected chi connectivity index (χ2v) is 23.3. The number of fused-ring (bicyclic) bond motifs is 4. The summed E-state index contributed by atoms with van der Waals surface area (Å²) in [7, 11) is 0. The first-order valence-electron chi connectivity index (χ1n) is 23.9. The lowest BCUT2D eigenvalue weighted by Gasteiger charge is -2.26. The summed E-state index contributed by atoms with van der Waals surface area (Å²) in [5.74, 6) is 4.27. The number of nitrogens with zero attached hydrogens (tertiary/aromatic N) is 6. The number of anilines is 4. The minimum absolute atomic E-state index is 0.103. The van der Waals surface area contributed by atoms with E-state index < -0.39 is 11.6 Å². The van der Waals surface area contributed by atoms with Gasteiger partial charge in [-0.15, -0.1) is 0 Å². The maximum atomic E-state index is 15.0. The second-order valence-electron chi connectivity index (χ2n) is 19.1. The quantitative estimate of drug-likeness (QED) is 0.0651. The molecule has 0 fully saturated rings. The molecule has 2 aliphatic carbocycles. The summed E-state index contributed by atoms with van der Waals surface area (Å²) in [6.07, 6.45) is 3.93. The highest BCUT2D eigenvalue weighted by Gasteiger charge is 2.39. The van der Waals surface area contributed by atoms with Crippen LogP contribution in [0.2, 0.25) is 0 Å². The van der Waals surface area contributed by atoms with Crippen LogP contribution in [-0.4, -0.2) is 76.0 Å². The van der Waals surface area contributed by atoms with Crippen LogP contribution in [0.3, 0.4) is 0 Å². The van der Waals surface area contributed by atoms with Crippen LogP contribution < -0.4 is 10.6 Å². The van der Waals surface area contributed by atoms with Crippen LogP contribution in [0.5, 0.6) is 0 Å². The molecule has 2 N–H and O–H groups in total. The highest BCUT2D eigenvalue weighted by molar-refractivity contribution is 8.00. The number of nitrogens with one attached hydrogen (secondary N) is 2. The summed E-state index contributed by atoms with van der Waals surface area (Å²) >= 11 is 6.21. The standard InChI is InChI=1S/C54H58N8O4S4/c1-29(2)21-25-67-51-57-49(58-52(61-51)68-26-22-30(3)4)55-39-19-17-33(41-43(39)47(65)37-15-11-9-13-35(37)45(41)63)34-18-20-40(44-42(34)46(64)36-14-10-12-16-38(36)48(44)66)56-50-59-53(69-27-23-31(5)6)62-54(60-50)70-28-24-32(7)8/h9-20,29-32H,21-28H2,1-8H3,(H,55,57,58,61)(H,56,59,60,62). The van der Waals surface area contributed by atoms with Gasteiger partial charge in [0.15, 0.2) is 43.8 Å². The molecule has 8 rings (SSSR count). The first-order valence-corrected chi connectivity index (χ1v) is 27.9. The van der Waals surface area contributed by atoms with Crippen molar-refractivity contribution in [2.24, 2.45) is 23.7 Å². The second kappa shape index (κ2) is 22.8. The summed E-state index contributed by atoms with van der Waals surface area (Å²) in [6, 6.07) is 20.4. The minimum Gasteiger partial charge on any atom is -0.323 e. The third kappa shape index (κ3) is 11.7. The maximum Gasteiger partial charge on any atom is 0.232 e. The molecule has 16 heteroatoms. The summed E-state index contributed by atoms with van der Waals surface area (Å²) in [6.45, 7) is 17.4. The third-order valence-electron chi connectivity index (χ3n) is 11.8. The van der Waals surface area contributed by atoms with E-state index in [4.69, 9.17) is 29.9 Å². The lowest BCUT2D eigenvalue weighted by atomic mass is 9.75.